The molecule has 1 aromatic rings. The molecule has 12 heavy (non-hydrogen) atoms. The van der Waals surface area contributed by atoms with Gasteiger partial charge in [0.2, 0.25) is 0 Å². The number of aryl methyl sites for hydroxylation is 1. The van der Waals surface area contributed by atoms with Crippen LogP contribution in [0.5, 0.6) is 0 Å². The minimum atomic E-state index is -0.294. The van der Waals surface area contributed by atoms with E-state index in [4.69, 9.17) is 0 Å². The number of hydrogen-bond donors (Lipinski definition) is 0. The molecule has 4 nitrogen and oxygen atoms in total. The van der Waals surface area contributed by atoms with Crippen LogP contribution >= 0.6 is 0 Å². The third-order valence-corrected chi connectivity index (χ3v) is 1.45. The molecule has 1 heterocycles. The Morgan fingerprint density at radius 3 is 2.42 bits per heavy atom. The van der Waals surface area contributed by atoms with Crippen LogP contribution in [0.25, 0.3) is 0 Å². The van der Waals surface area contributed by atoms with Crippen LogP contribution in [0.3, 0.4) is 0 Å². The summed E-state index contributed by atoms with van der Waals surface area (Å²) in [5.41, 5.74) is 0.0700. The zero-order valence-electron chi connectivity index (χ0n) is 7.83. The van der Waals surface area contributed by atoms with Crippen molar-refractivity contribution in [3.63, 3.8) is 0 Å². The van der Waals surface area contributed by atoms with Crippen LogP contribution < -0.4 is 5.69 Å². The standard InChI is InChI=1S/C8H13N3O/c1-6-5-9-11(7(12)10-6)8(2,3)4/h5H,1-4H3. The molecule has 0 fully saturated rings. The second-order valence-corrected chi connectivity index (χ2v) is 3.76. The first-order valence-electron chi connectivity index (χ1n) is 3.85. The molecule has 0 bridgehead atoms. The largest absolute Gasteiger partial charge is 0.364 e. The first kappa shape index (κ1) is 8.90. The monoisotopic (exact) mass is 167 g/mol. The lowest BCUT2D eigenvalue weighted by atomic mass is 10.1. The summed E-state index contributed by atoms with van der Waals surface area (Å²) in [6, 6.07) is 0. The molecule has 0 aliphatic rings. The van der Waals surface area contributed by atoms with Crippen molar-refractivity contribution in [3.05, 3.63) is 22.4 Å². The van der Waals surface area contributed by atoms with Gasteiger partial charge in [-0.3, -0.25) is 0 Å². The number of aromatic nitrogens is 3. The van der Waals surface area contributed by atoms with E-state index in [1.54, 1.807) is 13.1 Å². The summed E-state index contributed by atoms with van der Waals surface area (Å²) in [6.45, 7) is 7.50. The summed E-state index contributed by atoms with van der Waals surface area (Å²) in [5, 5.41) is 3.99. The fourth-order valence-corrected chi connectivity index (χ4v) is 0.878. The molecule has 0 N–H and O–H groups in total. The summed E-state index contributed by atoms with van der Waals surface area (Å²) >= 11 is 0. The first-order valence-corrected chi connectivity index (χ1v) is 3.85. The van der Waals surface area contributed by atoms with Crippen molar-refractivity contribution in [2.24, 2.45) is 0 Å². The lowest BCUT2D eigenvalue weighted by Crippen LogP contribution is -2.37. The lowest BCUT2D eigenvalue weighted by molar-refractivity contribution is 0.329. The SMILES string of the molecule is Cc1cnn(C(C)(C)C)c(=O)n1. The van der Waals surface area contributed by atoms with E-state index in [0.717, 1.165) is 0 Å². The molecule has 0 aliphatic carbocycles. The molecule has 4 heteroatoms. The predicted molar refractivity (Wildman–Crippen MR) is 46.0 cm³/mol. The molecular weight excluding hydrogens is 154 g/mol. The molecule has 0 radical (unpaired) electrons. The Morgan fingerprint density at radius 1 is 1.42 bits per heavy atom. The van der Waals surface area contributed by atoms with E-state index in [-0.39, 0.29) is 11.2 Å². The molecule has 0 amide bonds. The lowest BCUT2D eigenvalue weighted by Gasteiger charge is -2.19. The smallest absolute Gasteiger partial charge is 0.244 e. The Morgan fingerprint density at radius 2 is 2.00 bits per heavy atom. The number of rotatable bonds is 0. The van der Waals surface area contributed by atoms with Gasteiger partial charge < -0.3 is 0 Å². The summed E-state index contributed by atoms with van der Waals surface area (Å²) in [5.74, 6) is 0. The van der Waals surface area contributed by atoms with Gasteiger partial charge in [-0.2, -0.15) is 10.1 Å². The summed E-state index contributed by atoms with van der Waals surface area (Å²) in [6.07, 6.45) is 1.59. The average molecular weight is 167 g/mol. The highest BCUT2D eigenvalue weighted by Crippen LogP contribution is 2.07. The minimum absolute atomic E-state index is 0.289. The molecule has 0 saturated carbocycles. The first-order chi connectivity index (χ1) is 5.41. The van der Waals surface area contributed by atoms with Gasteiger partial charge in [-0.15, -0.1) is 0 Å². The van der Waals surface area contributed by atoms with Crippen LogP contribution in [0.2, 0.25) is 0 Å². The van der Waals surface area contributed by atoms with Crippen LogP contribution in [0.15, 0.2) is 11.0 Å². The van der Waals surface area contributed by atoms with Crippen molar-refractivity contribution in [2.75, 3.05) is 0 Å². The van der Waals surface area contributed by atoms with E-state index >= 15 is 0 Å². The molecule has 0 aliphatic heterocycles. The maximum atomic E-state index is 11.3. The maximum absolute atomic E-state index is 11.3. The minimum Gasteiger partial charge on any atom is -0.244 e. The van der Waals surface area contributed by atoms with Gasteiger partial charge in [0.1, 0.15) is 0 Å². The topological polar surface area (TPSA) is 47.8 Å². The normalized spacial score (nSPS) is 11.7. The molecule has 1 rings (SSSR count). The molecule has 0 saturated heterocycles. The molecule has 0 atom stereocenters. The molecule has 0 unspecified atom stereocenters. The van der Waals surface area contributed by atoms with Gasteiger partial charge in [0, 0.05) is 0 Å². The van der Waals surface area contributed by atoms with Crippen molar-refractivity contribution in [3.8, 4) is 0 Å². The van der Waals surface area contributed by atoms with Gasteiger partial charge in [0.25, 0.3) is 0 Å². The Balaban J connectivity index is 3.29. The molecule has 0 aromatic carbocycles. The van der Waals surface area contributed by atoms with Crippen molar-refractivity contribution < 1.29 is 0 Å². The van der Waals surface area contributed by atoms with Gasteiger partial charge in [0.05, 0.1) is 17.4 Å². The van der Waals surface area contributed by atoms with Gasteiger partial charge in [-0.1, -0.05) is 0 Å². The fourth-order valence-electron chi connectivity index (χ4n) is 0.878. The molecular formula is C8H13N3O. The highest BCUT2D eigenvalue weighted by molar-refractivity contribution is 4.88. The van der Waals surface area contributed by atoms with E-state index in [9.17, 15) is 4.79 Å². The third-order valence-electron chi connectivity index (χ3n) is 1.45. The highest BCUT2D eigenvalue weighted by atomic mass is 16.1. The van der Waals surface area contributed by atoms with E-state index in [1.165, 1.54) is 4.68 Å². The quantitative estimate of drug-likeness (QED) is 0.571. The Bertz CT molecular complexity index is 335. The fraction of sp³-hybridized carbons (Fsp3) is 0.625. The number of hydrogen-bond acceptors (Lipinski definition) is 3. The van der Waals surface area contributed by atoms with E-state index in [2.05, 4.69) is 10.1 Å². The molecule has 1 aromatic heterocycles. The van der Waals surface area contributed by atoms with Gasteiger partial charge >= 0.3 is 5.69 Å². The zero-order chi connectivity index (χ0) is 9.35. The van der Waals surface area contributed by atoms with E-state index in [0.29, 0.717) is 5.69 Å². The highest BCUT2D eigenvalue weighted by Gasteiger charge is 2.15. The second kappa shape index (κ2) is 2.69. The molecule has 66 valence electrons. The van der Waals surface area contributed by atoms with Crippen molar-refractivity contribution in [1.82, 2.24) is 14.8 Å². The summed E-state index contributed by atoms with van der Waals surface area (Å²) in [7, 11) is 0. The summed E-state index contributed by atoms with van der Waals surface area (Å²) in [4.78, 5) is 15.1. The van der Waals surface area contributed by atoms with Crippen molar-refractivity contribution in [1.29, 1.82) is 0 Å². The van der Waals surface area contributed by atoms with Crippen LogP contribution in [0, 0.1) is 6.92 Å². The van der Waals surface area contributed by atoms with Crippen LogP contribution in [0.4, 0.5) is 0 Å². The van der Waals surface area contributed by atoms with Crippen LogP contribution in [0.1, 0.15) is 26.5 Å². The average Bonchev–Trinajstić information content (AvgIpc) is 1.83. The number of nitrogens with zero attached hydrogens (tertiary/aromatic N) is 3. The Hall–Kier alpha value is -1.19. The van der Waals surface area contributed by atoms with Crippen molar-refractivity contribution in [2.45, 2.75) is 33.2 Å². The van der Waals surface area contributed by atoms with E-state index in [1.807, 2.05) is 20.8 Å². The van der Waals surface area contributed by atoms with Gasteiger partial charge in [0.15, 0.2) is 0 Å². The molecule has 0 spiro atoms. The maximum Gasteiger partial charge on any atom is 0.364 e. The van der Waals surface area contributed by atoms with Gasteiger partial charge in [-0.05, 0) is 27.7 Å². The summed E-state index contributed by atoms with van der Waals surface area (Å²) < 4.78 is 1.38. The third kappa shape index (κ3) is 1.69. The Labute approximate surface area is 71.3 Å². The van der Waals surface area contributed by atoms with E-state index < -0.39 is 0 Å². The zero-order valence-corrected chi connectivity index (χ0v) is 7.83. The van der Waals surface area contributed by atoms with Crippen LogP contribution in [-0.2, 0) is 5.54 Å². The van der Waals surface area contributed by atoms with Crippen molar-refractivity contribution >= 4 is 0 Å². The van der Waals surface area contributed by atoms with Gasteiger partial charge in [-0.25, -0.2) is 9.48 Å². The second-order valence-electron chi connectivity index (χ2n) is 3.76. The van der Waals surface area contributed by atoms with Crippen LogP contribution in [-0.4, -0.2) is 14.8 Å². The Kier molecular flexibility index (Phi) is 2.00. The predicted octanol–water partition coefficient (Wildman–Crippen LogP) is 0.702.